The first-order chi connectivity index (χ1) is 8.38. The molecular weight excluding hydrogens is 212 g/mol. The summed E-state index contributed by atoms with van der Waals surface area (Å²) >= 11 is 0. The summed E-state index contributed by atoms with van der Waals surface area (Å²) in [6.07, 6.45) is 8.34. The van der Waals surface area contributed by atoms with Crippen LogP contribution in [-0.2, 0) is 4.74 Å². The lowest BCUT2D eigenvalue weighted by Crippen LogP contribution is -2.42. The van der Waals surface area contributed by atoms with Gasteiger partial charge in [0.05, 0.1) is 6.61 Å². The van der Waals surface area contributed by atoms with Gasteiger partial charge in [0.1, 0.15) is 0 Å². The molecule has 1 aliphatic carbocycles. The Hall–Kier alpha value is -0.120. The molecule has 0 aromatic heterocycles. The van der Waals surface area contributed by atoms with Gasteiger partial charge < -0.3 is 15.0 Å². The van der Waals surface area contributed by atoms with Crippen LogP contribution in [0.4, 0.5) is 0 Å². The van der Waals surface area contributed by atoms with E-state index in [1.165, 1.54) is 64.7 Å². The first kappa shape index (κ1) is 13.3. The number of nitrogens with one attached hydrogen (secondary N) is 1. The van der Waals surface area contributed by atoms with Gasteiger partial charge in [0, 0.05) is 32.8 Å². The normalized spacial score (nSPS) is 27.7. The Morgan fingerprint density at radius 3 is 2.76 bits per heavy atom. The van der Waals surface area contributed by atoms with Gasteiger partial charge in [-0.25, -0.2) is 0 Å². The van der Waals surface area contributed by atoms with Gasteiger partial charge in [0.2, 0.25) is 0 Å². The molecule has 1 atom stereocenters. The molecule has 0 bridgehead atoms. The number of hydrogen-bond donors (Lipinski definition) is 1. The minimum atomic E-state index is 0.764. The Labute approximate surface area is 106 Å². The van der Waals surface area contributed by atoms with Crippen LogP contribution in [0, 0.1) is 5.92 Å². The van der Waals surface area contributed by atoms with E-state index in [2.05, 4.69) is 10.2 Å². The van der Waals surface area contributed by atoms with Crippen molar-refractivity contribution in [1.82, 2.24) is 10.2 Å². The number of nitrogens with zero attached hydrogens (tertiary/aromatic N) is 1. The van der Waals surface area contributed by atoms with E-state index in [1.807, 2.05) is 7.11 Å². The predicted octanol–water partition coefficient (Wildman–Crippen LogP) is 1.88. The molecule has 2 fully saturated rings. The molecule has 2 aliphatic rings. The molecular formula is C14H28N2O. The van der Waals surface area contributed by atoms with Gasteiger partial charge in [0.25, 0.3) is 0 Å². The van der Waals surface area contributed by atoms with E-state index in [0.29, 0.717) is 0 Å². The second kappa shape index (κ2) is 7.34. The van der Waals surface area contributed by atoms with Crippen molar-refractivity contribution in [3.63, 3.8) is 0 Å². The second-order valence-corrected chi connectivity index (χ2v) is 5.70. The fraction of sp³-hybridized carbons (Fsp3) is 1.00. The molecule has 0 amide bonds. The maximum atomic E-state index is 5.27. The Morgan fingerprint density at radius 1 is 1.18 bits per heavy atom. The largest absolute Gasteiger partial charge is 0.384 e. The molecule has 3 heteroatoms. The fourth-order valence-corrected chi connectivity index (χ4v) is 3.28. The van der Waals surface area contributed by atoms with Crippen LogP contribution in [0.1, 0.15) is 38.5 Å². The Morgan fingerprint density at radius 2 is 2.00 bits per heavy atom. The van der Waals surface area contributed by atoms with Gasteiger partial charge in [-0.1, -0.05) is 12.8 Å². The number of rotatable bonds is 6. The van der Waals surface area contributed by atoms with Crippen molar-refractivity contribution in [2.75, 3.05) is 39.9 Å². The predicted molar refractivity (Wildman–Crippen MR) is 71.3 cm³/mol. The average Bonchev–Trinajstić information content (AvgIpc) is 2.83. The minimum Gasteiger partial charge on any atom is -0.384 e. The first-order valence-corrected chi connectivity index (χ1v) is 7.33. The van der Waals surface area contributed by atoms with Gasteiger partial charge in [-0.2, -0.15) is 0 Å². The van der Waals surface area contributed by atoms with E-state index in [0.717, 1.165) is 18.6 Å². The van der Waals surface area contributed by atoms with E-state index in [-0.39, 0.29) is 0 Å². The molecule has 3 nitrogen and oxygen atoms in total. The average molecular weight is 240 g/mol. The van der Waals surface area contributed by atoms with Crippen LogP contribution in [0.25, 0.3) is 0 Å². The van der Waals surface area contributed by atoms with E-state index in [9.17, 15) is 0 Å². The first-order valence-electron chi connectivity index (χ1n) is 7.33. The molecule has 1 N–H and O–H groups in total. The van der Waals surface area contributed by atoms with Gasteiger partial charge in [-0.3, -0.25) is 0 Å². The standard InChI is InChI=1S/C14H28N2O/c1-17-12-13-5-4-9-16(11-13)10-8-15-14-6-2-3-7-14/h13-15H,2-12H2,1H3. The summed E-state index contributed by atoms with van der Waals surface area (Å²) in [6, 6.07) is 0.814. The van der Waals surface area contributed by atoms with Crippen molar-refractivity contribution >= 4 is 0 Å². The molecule has 1 saturated heterocycles. The highest BCUT2D eigenvalue weighted by Crippen LogP contribution is 2.18. The van der Waals surface area contributed by atoms with Crippen LogP contribution in [0.15, 0.2) is 0 Å². The van der Waals surface area contributed by atoms with Gasteiger partial charge in [-0.05, 0) is 38.1 Å². The smallest absolute Gasteiger partial charge is 0.0502 e. The van der Waals surface area contributed by atoms with Crippen LogP contribution < -0.4 is 5.32 Å². The van der Waals surface area contributed by atoms with Crippen LogP contribution in [0.3, 0.4) is 0 Å². The van der Waals surface area contributed by atoms with Crippen molar-refractivity contribution in [3.05, 3.63) is 0 Å². The summed E-state index contributed by atoms with van der Waals surface area (Å²) in [4.78, 5) is 2.61. The molecule has 17 heavy (non-hydrogen) atoms. The van der Waals surface area contributed by atoms with Crippen LogP contribution >= 0.6 is 0 Å². The Balaban J connectivity index is 1.58. The number of piperidine rings is 1. The van der Waals surface area contributed by atoms with Gasteiger partial charge in [-0.15, -0.1) is 0 Å². The highest BCUT2D eigenvalue weighted by atomic mass is 16.5. The number of hydrogen-bond acceptors (Lipinski definition) is 3. The zero-order valence-electron chi connectivity index (χ0n) is 11.3. The molecule has 1 unspecified atom stereocenters. The molecule has 0 aromatic carbocycles. The maximum Gasteiger partial charge on any atom is 0.0502 e. The summed E-state index contributed by atoms with van der Waals surface area (Å²) in [6.45, 7) is 5.85. The maximum absolute atomic E-state index is 5.27. The topological polar surface area (TPSA) is 24.5 Å². The summed E-state index contributed by atoms with van der Waals surface area (Å²) in [5, 5.41) is 3.70. The molecule has 0 radical (unpaired) electrons. The van der Waals surface area contributed by atoms with Gasteiger partial charge >= 0.3 is 0 Å². The third-order valence-corrected chi connectivity index (χ3v) is 4.22. The highest BCUT2D eigenvalue weighted by molar-refractivity contribution is 4.76. The molecule has 1 aliphatic heterocycles. The van der Waals surface area contributed by atoms with Crippen molar-refractivity contribution < 1.29 is 4.74 Å². The van der Waals surface area contributed by atoms with Crippen LogP contribution in [0.5, 0.6) is 0 Å². The quantitative estimate of drug-likeness (QED) is 0.767. The van der Waals surface area contributed by atoms with E-state index >= 15 is 0 Å². The second-order valence-electron chi connectivity index (χ2n) is 5.70. The summed E-state index contributed by atoms with van der Waals surface area (Å²) in [5.41, 5.74) is 0. The summed E-state index contributed by atoms with van der Waals surface area (Å²) in [5.74, 6) is 0.764. The van der Waals surface area contributed by atoms with E-state index in [1.54, 1.807) is 0 Å². The van der Waals surface area contributed by atoms with Crippen molar-refractivity contribution in [2.24, 2.45) is 5.92 Å². The molecule has 0 aromatic rings. The molecule has 1 saturated carbocycles. The summed E-state index contributed by atoms with van der Waals surface area (Å²) < 4.78 is 5.27. The van der Waals surface area contributed by atoms with E-state index in [4.69, 9.17) is 4.74 Å². The summed E-state index contributed by atoms with van der Waals surface area (Å²) in [7, 11) is 1.82. The zero-order chi connectivity index (χ0) is 11.9. The van der Waals surface area contributed by atoms with Crippen LogP contribution in [0.2, 0.25) is 0 Å². The lowest BCUT2D eigenvalue weighted by atomic mass is 9.99. The molecule has 0 spiro atoms. The lowest BCUT2D eigenvalue weighted by molar-refractivity contribution is 0.0907. The van der Waals surface area contributed by atoms with Crippen LogP contribution in [-0.4, -0.2) is 50.8 Å². The third kappa shape index (κ3) is 4.57. The van der Waals surface area contributed by atoms with Crippen molar-refractivity contribution in [1.29, 1.82) is 0 Å². The highest BCUT2D eigenvalue weighted by Gasteiger charge is 2.20. The Kier molecular flexibility index (Phi) is 5.75. The molecule has 1 heterocycles. The number of ether oxygens (including phenoxy) is 1. The zero-order valence-corrected chi connectivity index (χ0v) is 11.3. The van der Waals surface area contributed by atoms with Crippen molar-refractivity contribution in [2.45, 2.75) is 44.6 Å². The van der Waals surface area contributed by atoms with E-state index < -0.39 is 0 Å². The third-order valence-electron chi connectivity index (χ3n) is 4.22. The minimum absolute atomic E-state index is 0.764. The monoisotopic (exact) mass is 240 g/mol. The Bertz CT molecular complexity index is 202. The lowest BCUT2D eigenvalue weighted by Gasteiger charge is -2.32. The SMILES string of the molecule is COCC1CCCN(CCNC2CCCC2)C1. The molecule has 2 rings (SSSR count). The molecule has 100 valence electrons. The fourth-order valence-electron chi connectivity index (χ4n) is 3.28. The van der Waals surface area contributed by atoms with Crippen molar-refractivity contribution in [3.8, 4) is 0 Å². The number of likely N-dealkylation sites (tertiary alicyclic amines) is 1. The van der Waals surface area contributed by atoms with Gasteiger partial charge in [0.15, 0.2) is 0 Å². The number of methoxy groups -OCH3 is 1.